The summed E-state index contributed by atoms with van der Waals surface area (Å²) in [5, 5.41) is 0.519. The molecular formula is C16H14BrClO2. The Bertz CT molecular complexity index is 638. The lowest BCUT2D eigenvalue weighted by Crippen LogP contribution is -2.07. The number of benzene rings is 2. The lowest BCUT2D eigenvalue weighted by molar-refractivity contribution is 0.103. The zero-order valence-corrected chi connectivity index (χ0v) is 13.5. The number of hydrogen-bond donors (Lipinski definition) is 0. The summed E-state index contributed by atoms with van der Waals surface area (Å²) in [4.78, 5) is 12.4. The lowest BCUT2D eigenvalue weighted by Gasteiger charge is -2.10. The van der Waals surface area contributed by atoms with Gasteiger partial charge in [-0.05, 0) is 60.1 Å². The summed E-state index contributed by atoms with van der Waals surface area (Å²) in [6, 6.07) is 12.3. The van der Waals surface area contributed by atoms with E-state index in [1.54, 1.807) is 30.3 Å². The van der Waals surface area contributed by atoms with Crippen LogP contribution < -0.4 is 4.74 Å². The van der Waals surface area contributed by atoms with Crippen molar-refractivity contribution in [3.8, 4) is 5.75 Å². The van der Waals surface area contributed by atoms with Gasteiger partial charge in [0.2, 0.25) is 0 Å². The minimum absolute atomic E-state index is 0.0717. The fourth-order valence-electron chi connectivity index (χ4n) is 1.79. The van der Waals surface area contributed by atoms with Crippen molar-refractivity contribution in [2.24, 2.45) is 0 Å². The first-order valence-corrected chi connectivity index (χ1v) is 7.41. The number of carbonyl (C=O) groups excluding carboxylic acids is 1. The predicted octanol–water partition coefficient (Wildman–Crippen LogP) is 5.12. The third kappa shape index (κ3) is 3.62. The Morgan fingerprint density at radius 1 is 1.15 bits per heavy atom. The average Bonchev–Trinajstić information content (AvgIpc) is 2.40. The number of rotatable bonds is 4. The van der Waals surface area contributed by atoms with E-state index in [0.717, 1.165) is 4.47 Å². The molecule has 0 aromatic heterocycles. The molecule has 0 radical (unpaired) electrons. The molecule has 0 aliphatic heterocycles. The quantitative estimate of drug-likeness (QED) is 0.713. The summed E-state index contributed by atoms with van der Waals surface area (Å²) in [5.74, 6) is 0.614. The van der Waals surface area contributed by atoms with Crippen molar-refractivity contribution in [3.63, 3.8) is 0 Å². The second kappa shape index (κ2) is 6.42. The highest BCUT2D eigenvalue weighted by molar-refractivity contribution is 9.10. The van der Waals surface area contributed by atoms with Gasteiger partial charge in [0.25, 0.3) is 0 Å². The molecule has 104 valence electrons. The van der Waals surface area contributed by atoms with Gasteiger partial charge in [-0.25, -0.2) is 0 Å². The van der Waals surface area contributed by atoms with E-state index in [1.165, 1.54) is 0 Å². The minimum atomic E-state index is -0.0754. The molecule has 0 aliphatic carbocycles. The molecule has 2 aromatic carbocycles. The van der Waals surface area contributed by atoms with Crippen molar-refractivity contribution in [1.82, 2.24) is 0 Å². The Morgan fingerprint density at radius 3 is 2.50 bits per heavy atom. The van der Waals surface area contributed by atoms with Crippen LogP contribution in [0, 0.1) is 0 Å². The Labute approximate surface area is 131 Å². The van der Waals surface area contributed by atoms with E-state index in [0.29, 0.717) is 21.9 Å². The molecule has 4 heteroatoms. The van der Waals surface area contributed by atoms with Gasteiger partial charge >= 0.3 is 0 Å². The summed E-state index contributed by atoms with van der Waals surface area (Å²) in [5.41, 5.74) is 1.14. The molecule has 0 amide bonds. The molecule has 0 N–H and O–H groups in total. The first-order chi connectivity index (χ1) is 9.47. The van der Waals surface area contributed by atoms with E-state index in [1.807, 2.05) is 26.0 Å². The average molecular weight is 354 g/mol. The van der Waals surface area contributed by atoms with Gasteiger partial charge in [0.05, 0.1) is 11.1 Å². The molecule has 2 nitrogen and oxygen atoms in total. The van der Waals surface area contributed by atoms with Crippen molar-refractivity contribution < 1.29 is 9.53 Å². The van der Waals surface area contributed by atoms with Gasteiger partial charge in [-0.3, -0.25) is 4.79 Å². The van der Waals surface area contributed by atoms with Gasteiger partial charge in [0, 0.05) is 15.6 Å². The molecule has 0 heterocycles. The fraction of sp³-hybridized carbons (Fsp3) is 0.188. The van der Waals surface area contributed by atoms with Crippen molar-refractivity contribution >= 4 is 33.3 Å². The third-order valence-corrected chi connectivity index (χ3v) is 3.88. The molecule has 0 saturated carbocycles. The van der Waals surface area contributed by atoms with E-state index in [-0.39, 0.29) is 11.9 Å². The molecule has 0 fully saturated rings. The molecule has 0 saturated heterocycles. The van der Waals surface area contributed by atoms with Gasteiger partial charge in [0.1, 0.15) is 5.75 Å². The van der Waals surface area contributed by atoms with Gasteiger partial charge in [-0.1, -0.05) is 23.7 Å². The Morgan fingerprint density at radius 2 is 1.85 bits per heavy atom. The number of halogens is 2. The van der Waals surface area contributed by atoms with Crippen LogP contribution >= 0.6 is 27.5 Å². The first kappa shape index (κ1) is 15.1. The van der Waals surface area contributed by atoms with E-state index < -0.39 is 0 Å². The van der Waals surface area contributed by atoms with Crippen molar-refractivity contribution in [3.05, 3.63) is 63.1 Å². The monoisotopic (exact) mass is 352 g/mol. The van der Waals surface area contributed by atoms with Crippen LogP contribution in [0.5, 0.6) is 5.75 Å². The van der Waals surface area contributed by atoms with Crippen LogP contribution in [0.25, 0.3) is 0 Å². The van der Waals surface area contributed by atoms with Crippen molar-refractivity contribution in [2.75, 3.05) is 0 Å². The van der Waals surface area contributed by atoms with Crippen molar-refractivity contribution in [2.45, 2.75) is 20.0 Å². The summed E-state index contributed by atoms with van der Waals surface area (Å²) < 4.78 is 6.37. The summed E-state index contributed by atoms with van der Waals surface area (Å²) in [6.45, 7) is 3.89. The fourth-order valence-corrected chi connectivity index (χ4v) is 2.21. The van der Waals surface area contributed by atoms with E-state index in [4.69, 9.17) is 16.3 Å². The Balaban J connectivity index is 2.30. The third-order valence-electron chi connectivity index (χ3n) is 2.65. The van der Waals surface area contributed by atoms with Crippen LogP contribution in [-0.4, -0.2) is 11.9 Å². The van der Waals surface area contributed by atoms with Crippen LogP contribution in [0.1, 0.15) is 29.8 Å². The molecule has 0 unspecified atom stereocenters. The largest absolute Gasteiger partial charge is 0.491 e. The maximum absolute atomic E-state index is 12.4. The topological polar surface area (TPSA) is 26.3 Å². The van der Waals surface area contributed by atoms with Gasteiger partial charge in [-0.2, -0.15) is 0 Å². The standard InChI is InChI=1S/C16H14BrClO2/c1-10(2)20-13-5-3-4-11(8-13)16(19)12-6-7-14(17)15(18)9-12/h3-10H,1-2H3. The molecular weight excluding hydrogens is 340 g/mol. The lowest BCUT2D eigenvalue weighted by atomic mass is 10.0. The van der Waals surface area contributed by atoms with Crippen molar-refractivity contribution in [1.29, 1.82) is 0 Å². The van der Waals surface area contributed by atoms with Crippen LogP contribution in [0.2, 0.25) is 5.02 Å². The van der Waals surface area contributed by atoms with Crippen LogP contribution in [0.15, 0.2) is 46.9 Å². The number of ether oxygens (including phenoxy) is 1. The van der Waals surface area contributed by atoms with Crippen LogP contribution in [0.3, 0.4) is 0 Å². The van der Waals surface area contributed by atoms with E-state index >= 15 is 0 Å². The second-order valence-electron chi connectivity index (χ2n) is 4.65. The predicted molar refractivity (Wildman–Crippen MR) is 84.8 cm³/mol. The SMILES string of the molecule is CC(C)Oc1cccc(C(=O)c2ccc(Br)c(Cl)c2)c1. The molecule has 2 rings (SSSR count). The molecule has 0 bridgehead atoms. The summed E-state index contributed by atoms with van der Waals surface area (Å²) in [7, 11) is 0. The molecule has 0 atom stereocenters. The van der Waals surface area contributed by atoms with Gasteiger partial charge in [0.15, 0.2) is 5.78 Å². The highest BCUT2D eigenvalue weighted by Crippen LogP contribution is 2.25. The normalized spacial score (nSPS) is 10.7. The number of hydrogen-bond acceptors (Lipinski definition) is 2. The molecule has 20 heavy (non-hydrogen) atoms. The Kier molecular flexibility index (Phi) is 4.84. The second-order valence-corrected chi connectivity index (χ2v) is 5.91. The highest BCUT2D eigenvalue weighted by Gasteiger charge is 2.12. The zero-order chi connectivity index (χ0) is 14.7. The molecule has 2 aromatic rings. The van der Waals surface area contributed by atoms with Crippen LogP contribution in [-0.2, 0) is 0 Å². The zero-order valence-electron chi connectivity index (χ0n) is 11.2. The first-order valence-electron chi connectivity index (χ1n) is 6.24. The number of carbonyl (C=O) groups is 1. The molecule has 0 spiro atoms. The Hall–Kier alpha value is -1.32. The summed E-state index contributed by atoms with van der Waals surface area (Å²) >= 11 is 9.33. The number of ketones is 1. The van der Waals surface area contributed by atoms with Gasteiger partial charge < -0.3 is 4.74 Å². The van der Waals surface area contributed by atoms with E-state index in [2.05, 4.69) is 15.9 Å². The minimum Gasteiger partial charge on any atom is -0.491 e. The maximum Gasteiger partial charge on any atom is 0.193 e. The maximum atomic E-state index is 12.4. The van der Waals surface area contributed by atoms with E-state index in [9.17, 15) is 4.79 Å². The van der Waals surface area contributed by atoms with Crippen LogP contribution in [0.4, 0.5) is 0 Å². The smallest absolute Gasteiger partial charge is 0.193 e. The summed E-state index contributed by atoms with van der Waals surface area (Å²) in [6.07, 6.45) is 0.0717. The van der Waals surface area contributed by atoms with Gasteiger partial charge in [-0.15, -0.1) is 0 Å². The molecule has 0 aliphatic rings. The highest BCUT2D eigenvalue weighted by atomic mass is 79.9.